The fourth-order valence-corrected chi connectivity index (χ4v) is 1.86. The van der Waals surface area contributed by atoms with Gasteiger partial charge in [-0.2, -0.15) is 0 Å². The van der Waals surface area contributed by atoms with E-state index in [9.17, 15) is 0 Å². The Hall–Kier alpha value is -1.00. The van der Waals surface area contributed by atoms with E-state index in [1.54, 1.807) is 0 Å². The molecule has 4 heteroatoms. The van der Waals surface area contributed by atoms with Gasteiger partial charge < -0.3 is 11.1 Å². The summed E-state index contributed by atoms with van der Waals surface area (Å²) in [4.78, 5) is 9.18. The van der Waals surface area contributed by atoms with E-state index in [1.807, 2.05) is 0 Å². The molecule has 0 aliphatic carbocycles. The van der Waals surface area contributed by atoms with Crippen LogP contribution in [0.5, 0.6) is 0 Å². The zero-order chi connectivity index (χ0) is 10.8. The number of nitrogens with one attached hydrogen (secondary N) is 1. The second-order valence-corrected chi connectivity index (χ2v) is 4.25. The van der Waals surface area contributed by atoms with Crippen LogP contribution in [0.15, 0.2) is 0 Å². The van der Waals surface area contributed by atoms with Crippen molar-refractivity contribution in [3.8, 4) is 0 Å². The van der Waals surface area contributed by atoms with Crippen molar-refractivity contribution in [2.24, 2.45) is 5.73 Å². The highest BCUT2D eigenvalue weighted by Crippen LogP contribution is 2.20. The molecule has 4 nitrogen and oxygen atoms in total. The first kappa shape index (κ1) is 10.5. The van der Waals surface area contributed by atoms with Gasteiger partial charge in [-0.25, -0.2) is 9.97 Å². The molecule has 2 rings (SSSR count). The average molecular weight is 206 g/mol. The smallest absolute Gasteiger partial charge is 0.131 e. The predicted molar refractivity (Wildman–Crippen MR) is 59.4 cm³/mol. The monoisotopic (exact) mass is 206 g/mol. The van der Waals surface area contributed by atoms with Gasteiger partial charge in [-0.1, -0.05) is 13.8 Å². The summed E-state index contributed by atoms with van der Waals surface area (Å²) < 4.78 is 0. The predicted octanol–water partition coefficient (Wildman–Crippen LogP) is 0.704. The van der Waals surface area contributed by atoms with Crippen LogP contribution >= 0.6 is 0 Å². The number of fused-ring (bicyclic) bond motifs is 1. The highest BCUT2D eigenvalue weighted by atomic mass is 15.0. The second kappa shape index (κ2) is 4.24. The third kappa shape index (κ3) is 2.01. The van der Waals surface area contributed by atoms with E-state index in [4.69, 9.17) is 5.73 Å². The maximum Gasteiger partial charge on any atom is 0.131 e. The zero-order valence-corrected chi connectivity index (χ0v) is 9.38. The van der Waals surface area contributed by atoms with Gasteiger partial charge in [-0.3, -0.25) is 0 Å². The molecule has 1 aliphatic heterocycles. The van der Waals surface area contributed by atoms with Gasteiger partial charge in [0.1, 0.15) is 5.82 Å². The Balaban J connectivity index is 2.43. The first-order valence-electron chi connectivity index (χ1n) is 5.51. The van der Waals surface area contributed by atoms with Gasteiger partial charge in [0, 0.05) is 31.0 Å². The van der Waals surface area contributed by atoms with Crippen LogP contribution in [-0.2, 0) is 19.5 Å². The lowest BCUT2D eigenvalue weighted by Crippen LogP contribution is -2.11. The van der Waals surface area contributed by atoms with Crippen LogP contribution in [0.4, 0.5) is 0 Å². The largest absolute Gasteiger partial charge is 0.330 e. The van der Waals surface area contributed by atoms with Crippen LogP contribution in [0, 0.1) is 0 Å². The molecule has 0 bridgehead atoms. The molecule has 0 saturated carbocycles. The van der Waals surface area contributed by atoms with E-state index in [0.29, 0.717) is 12.5 Å². The quantitative estimate of drug-likeness (QED) is 0.764. The van der Waals surface area contributed by atoms with E-state index in [2.05, 4.69) is 29.1 Å². The molecule has 0 radical (unpaired) electrons. The van der Waals surface area contributed by atoms with Crippen LogP contribution in [0.1, 0.15) is 42.5 Å². The highest BCUT2D eigenvalue weighted by Gasteiger charge is 2.19. The van der Waals surface area contributed by atoms with Crippen LogP contribution < -0.4 is 11.1 Å². The first-order chi connectivity index (χ1) is 7.22. The van der Waals surface area contributed by atoms with Crippen LogP contribution in [0.2, 0.25) is 0 Å². The van der Waals surface area contributed by atoms with Crippen molar-refractivity contribution in [1.29, 1.82) is 0 Å². The molecule has 0 spiro atoms. The summed E-state index contributed by atoms with van der Waals surface area (Å²) in [5.41, 5.74) is 9.17. The van der Waals surface area contributed by atoms with Crippen LogP contribution in [0.3, 0.4) is 0 Å². The molecule has 15 heavy (non-hydrogen) atoms. The minimum Gasteiger partial charge on any atom is -0.330 e. The Bertz CT molecular complexity index is 360. The average Bonchev–Trinajstić information content (AvgIpc) is 2.65. The maximum absolute atomic E-state index is 5.60. The summed E-state index contributed by atoms with van der Waals surface area (Å²) in [6, 6.07) is 0. The molecule has 0 fully saturated rings. The molecule has 1 aromatic heterocycles. The van der Waals surface area contributed by atoms with Gasteiger partial charge in [0.05, 0.1) is 11.4 Å². The molecule has 82 valence electrons. The molecule has 3 N–H and O–H groups in total. The van der Waals surface area contributed by atoms with Gasteiger partial charge in [0.25, 0.3) is 0 Å². The maximum atomic E-state index is 5.60. The third-order valence-electron chi connectivity index (χ3n) is 2.69. The van der Waals surface area contributed by atoms with Crippen molar-refractivity contribution in [2.75, 3.05) is 6.54 Å². The number of nitrogens with zero attached hydrogens (tertiary/aromatic N) is 2. The Morgan fingerprint density at radius 3 is 2.80 bits per heavy atom. The summed E-state index contributed by atoms with van der Waals surface area (Å²) in [6.07, 6.45) is 0.853. The first-order valence-corrected chi connectivity index (χ1v) is 5.51. The topological polar surface area (TPSA) is 63.8 Å². The third-order valence-corrected chi connectivity index (χ3v) is 2.69. The molecule has 0 aromatic carbocycles. The molecule has 0 amide bonds. The summed E-state index contributed by atoms with van der Waals surface area (Å²) in [5, 5.41) is 3.31. The Kier molecular flexibility index (Phi) is 2.98. The lowest BCUT2D eigenvalue weighted by atomic mass is 10.1. The minimum absolute atomic E-state index is 0.382. The van der Waals surface area contributed by atoms with Crippen molar-refractivity contribution in [2.45, 2.75) is 39.3 Å². The van der Waals surface area contributed by atoms with E-state index in [1.165, 1.54) is 5.56 Å². The van der Waals surface area contributed by atoms with Gasteiger partial charge in [-0.05, 0) is 6.54 Å². The Morgan fingerprint density at radius 1 is 1.33 bits per heavy atom. The molecular weight excluding hydrogens is 188 g/mol. The normalized spacial score (nSPS) is 14.7. The van der Waals surface area contributed by atoms with E-state index >= 15 is 0 Å². The summed E-state index contributed by atoms with van der Waals surface area (Å²) in [6.45, 7) is 6.66. The molecular formula is C11H18N4. The number of hydrogen-bond donors (Lipinski definition) is 2. The SMILES string of the molecule is CC(C)c1nc(CCN)c2c(n1)CNC2. The van der Waals surface area contributed by atoms with Crippen molar-refractivity contribution >= 4 is 0 Å². The summed E-state index contributed by atoms with van der Waals surface area (Å²) >= 11 is 0. The Labute approximate surface area is 90.3 Å². The van der Waals surface area contributed by atoms with E-state index in [-0.39, 0.29) is 0 Å². The molecule has 0 saturated heterocycles. The van der Waals surface area contributed by atoms with Crippen molar-refractivity contribution in [3.05, 3.63) is 22.8 Å². The fraction of sp³-hybridized carbons (Fsp3) is 0.636. The molecule has 0 atom stereocenters. The second-order valence-electron chi connectivity index (χ2n) is 4.25. The standard InChI is InChI=1S/C11H18N4/c1-7(2)11-14-9(3-4-12)8-5-13-6-10(8)15-11/h7,13H,3-6,12H2,1-2H3. The van der Waals surface area contributed by atoms with Crippen molar-refractivity contribution < 1.29 is 0 Å². The van der Waals surface area contributed by atoms with Gasteiger partial charge in [0.2, 0.25) is 0 Å². The Morgan fingerprint density at radius 2 is 2.13 bits per heavy atom. The van der Waals surface area contributed by atoms with Gasteiger partial charge >= 0.3 is 0 Å². The number of rotatable bonds is 3. The minimum atomic E-state index is 0.382. The molecule has 0 unspecified atom stereocenters. The lowest BCUT2D eigenvalue weighted by Gasteiger charge is -2.10. The van der Waals surface area contributed by atoms with Crippen LogP contribution in [0.25, 0.3) is 0 Å². The molecule has 1 aliphatic rings. The van der Waals surface area contributed by atoms with E-state index in [0.717, 1.165) is 36.7 Å². The number of aromatic nitrogens is 2. The number of hydrogen-bond acceptors (Lipinski definition) is 4. The van der Waals surface area contributed by atoms with Gasteiger partial charge in [-0.15, -0.1) is 0 Å². The van der Waals surface area contributed by atoms with Crippen molar-refractivity contribution in [1.82, 2.24) is 15.3 Å². The fourth-order valence-electron chi connectivity index (χ4n) is 1.86. The summed E-state index contributed by atoms with van der Waals surface area (Å²) in [5.74, 6) is 1.33. The van der Waals surface area contributed by atoms with Crippen LogP contribution in [-0.4, -0.2) is 16.5 Å². The molecule has 1 aromatic rings. The number of nitrogens with two attached hydrogens (primary N) is 1. The zero-order valence-electron chi connectivity index (χ0n) is 9.38. The lowest BCUT2D eigenvalue weighted by molar-refractivity contribution is 0.734. The summed E-state index contributed by atoms with van der Waals surface area (Å²) in [7, 11) is 0. The molecule has 2 heterocycles. The van der Waals surface area contributed by atoms with Crippen molar-refractivity contribution in [3.63, 3.8) is 0 Å². The van der Waals surface area contributed by atoms with Gasteiger partial charge in [0.15, 0.2) is 0 Å². The highest BCUT2D eigenvalue weighted by molar-refractivity contribution is 5.30. The van der Waals surface area contributed by atoms with E-state index < -0.39 is 0 Å².